The van der Waals surface area contributed by atoms with Crippen LogP contribution in [-0.2, 0) is 11.3 Å². The van der Waals surface area contributed by atoms with E-state index in [1.165, 1.54) is 30.0 Å². The zero-order valence-electron chi connectivity index (χ0n) is 13.8. The fourth-order valence-corrected chi connectivity index (χ4v) is 3.69. The molecule has 0 saturated carbocycles. The second kappa shape index (κ2) is 7.45. The van der Waals surface area contributed by atoms with E-state index in [0.29, 0.717) is 5.69 Å². The van der Waals surface area contributed by atoms with Crippen molar-refractivity contribution in [1.29, 1.82) is 0 Å². The van der Waals surface area contributed by atoms with Crippen LogP contribution in [0.5, 0.6) is 0 Å². The molecule has 130 valence electrons. The van der Waals surface area contributed by atoms with Gasteiger partial charge in [-0.05, 0) is 44.2 Å². The van der Waals surface area contributed by atoms with E-state index in [1.807, 2.05) is 31.2 Å². The van der Waals surface area contributed by atoms with Crippen LogP contribution in [0.25, 0.3) is 11.0 Å². The normalized spacial score (nSPS) is 12.3. The Morgan fingerprint density at radius 1 is 1.36 bits per heavy atom. The monoisotopic (exact) mass is 377 g/mol. The average molecular weight is 378 g/mol. The van der Waals surface area contributed by atoms with Crippen LogP contribution in [0.15, 0.2) is 47.6 Å². The number of carbonyl (C=O) groups is 1. The van der Waals surface area contributed by atoms with Crippen molar-refractivity contribution in [3.8, 4) is 0 Å². The molecule has 0 aliphatic heterocycles. The lowest BCUT2D eigenvalue weighted by molar-refractivity contribution is -0.115. The number of carbonyl (C=O) groups excluding carboxylic acids is 1. The molecule has 1 amide bonds. The van der Waals surface area contributed by atoms with Gasteiger partial charge in [-0.25, -0.2) is 9.37 Å². The Bertz CT molecular complexity index is 928. The van der Waals surface area contributed by atoms with Crippen molar-refractivity contribution in [2.75, 3.05) is 5.32 Å². The minimum absolute atomic E-state index is 0.173. The van der Waals surface area contributed by atoms with Gasteiger partial charge in [0, 0.05) is 6.54 Å². The number of fused-ring (bicyclic) bond motifs is 1. The summed E-state index contributed by atoms with van der Waals surface area (Å²) in [6.45, 7) is 4.61. The summed E-state index contributed by atoms with van der Waals surface area (Å²) >= 11 is 7.34. The van der Waals surface area contributed by atoms with E-state index in [9.17, 15) is 9.18 Å². The first-order chi connectivity index (χ1) is 12.0. The van der Waals surface area contributed by atoms with Crippen LogP contribution in [0.3, 0.4) is 0 Å². The minimum atomic E-state index is -0.443. The van der Waals surface area contributed by atoms with Gasteiger partial charge in [0.05, 0.1) is 27.0 Å². The highest BCUT2D eigenvalue weighted by molar-refractivity contribution is 8.00. The van der Waals surface area contributed by atoms with Crippen LogP contribution in [0.4, 0.5) is 10.1 Å². The number of benzene rings is 2. The minimum Gasteiger partial charge on any atom is -0.324 e. The van der Waals surface area contributed by atoms with Gasteiger partial charge in [-0.3, -0.25) is 4.79 Å². The Morgan fingerprint density at radius 2 is 2.12 bits per heavy atom. The molecule has 2 aromatic carbocycles. The van der Waals surface area contributed by atoms with Gasteiger partial charge >= 0.3 is 0 Å². The molecule has 0 bridgehead atoms. The molecule has 0 aliphatic rings. The van der Waals surface area contributed by atoms with Crippen molar-refractivity contribution in [2.45, 2.75) is 30.8 Å². The van der Waals surface area contributed by atoms with Gasteiger partial charge in [0.15, 0.2) is 5.16 Å². The molecule has 1 unspecified atom stereocenters. The highest BCUT2D eigenvalue weighted by Crippen LogP contribution is 2.29. The highest BCUT2D eigenvalue weighted by atomic mass is 35.5. The Hall–Kier alpha value is -2.05. The van der Waals surface area contributed by atoms with E-state index in [4.69, 9.17) is 11.6 Å². The largest absolute Gasteiger partial charge is 0.324 e. The Balaban J connectivity index is 1.77. The van der Waals surface area contributed by atoms with Crippen LogP contribution >= 0.6 is 23.4 Å². The first kappa shape index (κ1) is 17.8. The number of rotatable bonds is 5. The maximum Gasteiger partial charge on any atom is 0.237 e. The summed E-state index contributed by atoms with van der Waals surface area (Å²) in [5.41, 5.74) is 2.34. The number of halogens is 2. The van der Waals surface area contributed by atoms with Gasteiger partial charge in [0.2, 0.25) is 5.91 Å². The fraction of sp³-hybridized carbons (Fsp3) is 0.222. The van der Waals surface area contributed by atoms with Crippen molar-refractivity contribution < 1.29 is 9.18 Å². The summed E-state index contributed by atoms with van der Waals surface area (Å²) in [4.78, 5) is 17.1. The molecular formula is C18H17ClFN3OS. The van der Waals surface area contributed by atoms with Crippen molar-refractivity contribution in [2.24, 2.45) is 0 Å². The molecule has 4 nitrogen and oxygen atoms in total. The third-order valence-electron chi connectivity index (χ3n) is 3.78. The number of nitrogens with one attached hydrogen (secondary N) is 1. The number of thioether (sulfide) groups is 1. The average Bonchev–Trinajstić information content (AvgIpc) is 2.94. The summed E-state index contributed by atoms with van der Waals surface area (Å²) in [7, 11) is 0. The third kappa shape index (κ3) is 3.80. The molecule has 3 rings (SSSR count). The summed E-state index contributed by atoms with van der Waals surface area (Å²) in [6.07, 6.45) is 0. The molecule has 25 heavy (non-hydrogen) atoms. The molecule has 0 radical (unpaired) electrons. The third-order valence-corrected chi connectivity index (χ3v) is 5.18. The maximum absolute atomic E-state index is 13.1. The topological polar surface area (TPSA) is 46.9 Å². The molecule has 1 N–H and O–H groups in total. The Morgan fingerprint density at radius 3 is 2.84 bits per heavy atom. The number of anilines is 1. The molecule has 1 atom stereocenters. The van der Waals surface area contributed by atoms with Crippen LogP contribution in [-0.4, -0.2) is 20.7 Å². The molecular weight excluding hydrogens is 361 g/mol. The standard InChI is InChI=1S/C18H17ClFN3OS/c1-3-23-16-7-5-4-6-15(16)22-18(23)25-11(2)17(24)21-14-9-8-12(20)10-13(14)19/h4-11H,3H2,1-2H3,(H,21,24). The molecule has 0 spiro atoms. The number of imidazole rings is 1. The first-order valence-corrected chi connectivity index (χ1v) is 9.13. The van der Waals surface area contributed by atoms with E-state index < -0.39 is 5.82 Å². The van der Waals surface area contributed by atoms with Gasteiger partial charge in [0.1, 0.15) is 5.82 Å². The number of amides is 1. The maximum atomic E-state index is 13.1. The molecule has 1 heterocycles. The summed E-state index contributed by atoms with van der Waals surface area (Å²) in [5.74, 6) is -0.657. The van der Waals surface area contributed by atoms with Crippen molar-refractivity contribution in [3.63, 3.8) is 0 Å². The van der Waals surface area contributed by atoms with Crippen LogP contribution < -0.4 is 5.32 Å². The van der Waals surface area contributed by atoms with E-state index in [1.54, 1.807) is 6.92 Å². The molecule has 3 aromatic rings. The number of aryl methyl sites for hydroxylation is 1. The van der Waals surface area contributed by atoms with Gasteiger partial charge in [-0.2, -0.15) is 0 Å². The lowest BCUT2D eigenvalue weighted by Crippen LogP contribution is -2.23. The number of nitrogens with zero attached hydrogens (tertiary/aromatic N) is 2. The van der Waals surface area contributed by atoms with E-state index in [2.05, 4.69) is 14.9 Å². The number of para-hydroxylation sites is 2. The van der Waals surface area contributed by atoms with Gasteiger partial charge in [-0.15, -0.1) is 0 Å². The van der Waals surface area contributed by atoms with Crippen LogP contribution in [0, 0.1) is 5.82 Å². The van der Waals surface area contributed by atoms with Crippen LogP contribution in [0.1, 0.15) is 13.8 Å². The number of aromatic nitrogens is 2. The quantitative estimate of drug-likeness (QED) is 0.638. The van der Waals surface area contributed by atoms with Crippen molar-refractivity contribution in [1.82, 2.24) is 9.55 Å². The van der Waals surface area contributed by atoms with E-state index in [0.717, 1.165) is 22.7 Å². The molecule has 7 heteroatoms. The molecule has 1 aromatic heterocycles. The molecule has 0 aliphatic carbocycles. The highest BCUT2D eigenvalue weighted by Gasteiger charge is 2.20. The van der Waals surface area contributed by atoms with Crippen molar-refractivity contribution in [3.05, 3.63) is 53.3 Å². The predicted octanol–water partition coefficient (Wildman–Crippen LogP) is 4.97. The van der Waals surface area contributed by atoms with Crippen molar-refractivity contribution >= 4 is 46.0 Å². The van der Waals surface area contributed by atoms with Gasteiger partial charge in [-0.1, -0.05) is 35.5 Å². The summed E-state index contributed by atoms with van der Waals surface area (Å²) < 4.78 is 15.2. The number of hydrogen-bond acceptors (Lipinski definition) is 3. The zero-order chi connectivity index (χ0) is 18.0. The smallest absolute Gasteiger partial charge is 0.237 e. The van der Waals surface area contributed by atoms with Gasteiger partial charge in [0.25, 0.3) is 0 Å². The first-order valence-electron chi connectivity index (χ1n) is 7.87. The molecule has 0 saturated heterocycles. The lowest BCUT2D eigenvalue weighted by atomic mass is 10.3. The van der Waals surface area contributed by atoms with E-state index in [-0.39, 0.29) is 16.2 Å². The second-order valence-electron chi connectivity index (χ2n) is 5.50. The summed E-state index contributed by atoms with van der Waals surface area (Å²) in [6, 6.07) is 11.8. The fourth-order valence-electron chi connectivity index (χ4n) is 2.49. The Kier molecular flexibility index (Phi) is 5.30. The Labute approximate surface area is 154 Å². The van der Waals surface area contributed by atoms with Gasteiger partial charge < -0.3 is 9.88 Å². The second-order valence-corrected chi connectivity index (χ2v) is 7.22. The van der Waals surface area contributed by atoms with Crippen LogP contribution in [0.2, 0.25) is 5.02 Å². The SMILES string of the molecule is CCn1c(SC(C)C(=O)Nc2ccc(F)cc2Cl)nc2ccccc21. The predicted molar refractivity (Wildman–Crippen MR) is 101 cm³/mol. The lowest BCUT2D eigenvalue weighted by Gasteiger charge is -2.13. The zero-order valence-corrected chi connectivity index (χ0v) is 15.4. The molecule has 0 fully saturated rings. The summed E-state index contributed by atoms with van der Waals surface area (Å²) in [5, 5.41) is 3.31. The van der Waals surface area contributed by atoms with E-state index >= 15 is 0 Å². The number of hydrogen-bond donors (Lipinski definition) is 1.